The monoisotopic (exact) mass is 1430 g/mol. The van der Waals surface area contributed by atoms with E-state index in [-0.39, 0.29) is 38.6 Å². The van der Waals surface area contributed by atoms with Gasteiger partial charge in [0.05, 0.1) is 13.2 Å². The summed E-state index contributed by atoms with van der Waals surface area (Å²) in [6.07, 6.45) is 122. The fourth-order valence-electron chi connectivity index (χ4n) is 12.3. The fraction of sp³-hybridized carbons (Fsp3) is 0.736. The summed E-state index contributed by atoms with van der Waals surface area (Å²) in [6.45, 7) is 3.57. The number of carbonyl (C=O) groups is 2. The third-order valence-corrected chi connectivity index (χ3v) is 19.5. The second-order valence-electron chi connectivity index (χ2n) is 28.3. The number of nitrogens with two attached hydrogens (primary N) is 1. The molecule has 0 fully saturated rings. The Morgan fingerprint density at radius 3 is 0.762 bits per heavy atom. The van der Waals surface area contributed by atoms with Crippen LogP contribution in [0.25, 0.3) is 0 Å². The zero-order valence-electron chi connectivity index (χ0n) is 65.9. The van der Waals surface area contributed by atoms with Gasteiger partial charge in [-0.05, 0) is 109 Å². The fourth-order valence-corrected chi connectivity index (χ4v) is 13.1. The van der Waals surface area contributed by atoms with E-state index < -0.39 is 26.5 Å². The summed E-state index contributed by atoms with van der Waals surface area (Å²) in [5, 5.41) is 0. The molecule has 2 unspecified atom stereocenters. The Hall–Kier alpha value is -3.85. The number of unbranched alkanes of at least 4 members (excludes halogenated alkanes) is 45. The van der Waals surface area contributed by atoms with Gasteiger partial charge < -0.3 is 20.1 Å². The van der Waals surface area contributed by atoms with Gasteiger partial charge in [0.1, 0.15) is 6.61 Å². The van der Waals surface area contributed by atoms with Gasteiger partial charge in [-0.25, -0.2) is 4.57 Å². The normalized spacial score (nSPS) is 13.5. The molecule has 9 nitrogen and oxygen atoms in total. The predicted octanol–water partition coefficient (Wildman–Crippen LogP) is 29.1. The first-order chi connectivity index (χ1) is 49.8. The number of ether oxygens (including phenoxy) is 2. The first-order valence-corrected chi connectivity index (χ1v) is 44.2. The Morgan fingerprint density at radius 2 is 0.515 bits per heavy atom. The first kappa shape index (κ1) is 97.2. The third kappa shape index (κ3) is 85.0. The van der Waals surface area contributed by atoms with E-state index in [1.807, 2.05) is 0 Å². The van der Waals surface area contributed by atoms with Crippen LogP contribution < -0.4 is 5.73 Å². The van der Waals surface area contributed by atoms with Crippen molar-refractivity contribution in [3.05, 3.63) is 134 Å². The highest BCUT2D eigenvalue weighted by molar-refractivity contribution is 7.47. The van der Waals surface area contributed by atoms with E-state index in [1.54, 1.807) is 0 Å². The lowest BCUT2D eigenvalue weighted by atomic mass is 10.0. The molecule has 0 aromatic carbocycles. The van der Waals surface area contributed by atoms with Crippen LogP contribution in [0.3, 0.4) is 0 Å². The lowest BCUT2D eigenvalue weighted by Gasteiger charge is -2.19. The molecule has 2 atom stereocenters. The second-order valence-corrected chi connectivity index (χ2v) is 29.7. The Kier molecular flexibility index (Phi) is 81.8. The van der Waals surface area contributed by atoms with Crippen LogP contribution in [0, 0.1) is 0 Å². The molecule has 101 heavy (non-hydrogen) atoms. The van der Waals surface area contributed by atoms with Gasteiger partial charge in [-0.2, -0.15) is 0 Å². The van der Waals surface area contributed by atoms with Crippen LogP contribution in [-0.2, 0) is 32.7 Å². The molecule has 0 aliphatic heterocycles. The number of esters is 2. The summed E-state index contributed by atoms with van der Waals surface area (Å²) in [5.74, 6) is -0.810. The largest absolute Gasteiger partial charge is 0.472 e. The molecule has 0 spiro atoms. The molecule has 0 radical (unpaired) electrons. The highest BCUT2D eigenvalue weighted by Gasteiger charge is 2.26. The van der Waals surface area contributed by atoms with Gasteiger partial charge in [0.2, 0.25) is 0 Å². The number of phosphoric ester groups is 1. The Labute approximate surface area is 624 Å². The quantitative estimate of drug-likeness (QED) is 0.0264. The maximum absolute atomic E-state index is 12.8. The molecule has 0 aromatic rings. The lowest BCUT2D eigenvalue weighted by molar-refractivity contribution is -0.161. The van der Waals surface area contributed by atoms with Crippen molar-refractivity contribution in [3.8, 4) is 0 Å². The molecule has 0 amide bonds. The lowest BCUT2D eigenvalue weighted by Crippen LogP contribution is -2.29. The number of rotatable bonds is 80. The van der Waals surface area contributed by atoms with Gasteiger partial charge in [0, 0.05) is 19.4 Å². The van der Waals surface area contributed by atoms with Crippen molar-refractivity contribution in [2.45, 2.75) is 405 Å². The Bertz CT molecular complexity index is 2130. The van der Waals surface area contributed by atoms with Gasteiger partial charge >= 0.3 is 19.8 Å². The van der Waals surface area contributed by atoms with Crippen molar-refractivity contribution in [2.75, 3.05) is 26.4 Å². The molecule has 0 aliphatic rings. The highest BCUT2D eigenvalue weighted by atomic mass is 31.2. The SMILES string of the molecule is CC/C=C\C/C=C\C/C=C\C/C=C\C/C=C\C/C=C\CCCCCCCCCCCCCCCCCCCCCCC(=O)OC(COC(=O)CCCCCCCCCCCCCCCCCCCCCCCCCCC/C=C\C/C=C\C/C=C\C/C=C\C/C=C\CC)COP(=O)(O)OCCN. The van der Waals surface area contributed by atoms with Gasteiger partial charge in [-0.15, -0.1) is 0 Å². The molecular weight excluding hydrogens is 1270 g/mol. The second kappa shape index (κ2) is 85.1. The maximum atomic E-state index is 12.8. The average Bonchev–Trinajstić information content (AvgIpc) is 1.01. The number of carbonyl (C=O) groups excluding carboxylic acids is 2. The zero-order valence-corrected chi connectivity index (χ0v) is 66.8. The number of allylic oxidation sites excluding steroid dienone is 22. The minimum atomic E-state index is -4.40. The maximum Gasteiger partial charge on any atom is 0.472 e. The van der Waals surface area contributed by atoms with E-state index in [9.17, 15) is 19.0 Å². The van der Waals surface area contributed by atoms with Crippen molar-refractivity contribution in [1.29, 1.82) is 0 Å². The van der Waals surface area contributed by atoms with E-state index >= 15 is 0 Å². The standard InChI is InChI=1S/C91H160NO8P/c1-3-5-7-9-11-13-15-17-19-21-23-25-27-29-31-33-35-37-39-41-43-44-46-47-49-51-53-55-57-59-61-63-65-67-69-71-73-75-77-79-81-83-90(93)97-87-89(88-99-101(95,96)98-86-85-92)100-91(94)84-82-80-78-76-74-72-70-68-66-64-62-60-58-56-54-52-50-48-45-42-40-38-36-34-32-30-28-26-24-22-20-18-16-14-12-10-8-6-4-2/h5-8,11-14,17-20,23-26,29-32,36,38,89H,3-4,9-10,15-16,21-22,27-28,33-35,37,39-88,92H2,1-2H3,(H,95,96)/b7-5-,8-6-,13-11-,14-12-,19-17-,20-18-,25-23-,26-24-,31-29-,32-30-,38-36-. The number of hydrogen-bond acceptors (Lipinski definition) is 8. The van der Waals surface area contributed by atoms with Crippen molar-refractivity contribution >= 4 is 19.8 Å². The summed E-state index contributed by atoms with van der Waals surface area (Å²) in [5.41, 5.74) is 5.42. The summed E-state index contributed by atoms with van der Waals surface area (Å²) in [6, 6.07) is 0. The van der Waals surface area contributed by atoms with Crippen LogP contribution in [0.1, 0.15) is 399 Å². The van der Waals surface area contributed by atoms with Gasteiger partial charge in [0.25, 0.3) is 0 Å². The number of hydrogen-bond donors (Lipinski definition) is 2. The minimum Gasteiger partial charge on any atom is -0.462 e. The smallest absolute Gasteiger partial charge is 0.462 e. The van der Waals surface area contributed by atoms with Crippen LogP contribution in [0.5, 0.6) is 0 Å². The first-order valence-electron chi connectivity index (χ1n) is 42.7. The van der Waals surface area contributed by atoms with E-state index in [4.69, 9.17) is 24.3 Å². The van der Waals surface area contributed by atoms with Gasteiger partial charge in [-0.3, -0.25) is 18.6 Å². The average molecular weight is 1430 g/mol. The molecule has 10 heteroatoms. The molecule has 0 rings (SSSR count). The van der Waals surface area contributed by atoms with Gasteiger partial charge in [-0.1, -0.05) is 411 Å². The Balaban J connectivity index is 3.76. The molecule has 0 saturated heterocycles. The predicted molar refractivity (Wildman–Crippen MR) is 441 cm³/mol. The number of phosphoric acid groups is 1. The van der Waals surface area contributed by atoms with Crippen molar-refractivity contribution in [3.63, 3.8) is 0 Å². The molecule has 0 saturated carbocycles. The zero-order chi connectivity index (χ0) is 72.9. The molecule has 0 heterocycles. The van der Waals surface area contributed by atoms with Crippen LogP contribution >= 0.6 is 7.82 Å². The molecule has 0 aliphatic carbocycles. The van der Waals surface area contributed by atoms with E-state index in [1.165, 1.54) is 257 Å². The Morgan fingerprint density at radius 1 is 0.297 bits per heavy atom. The molecule has 3 N–H and O–H groups in total. The summed E-state index contributed by atoms with van der Waals surface area (Å²) in [7, 11) is -4.40. The van der Waals surface area contributed by atoms with Gasteiger partial charge in [0.15, 0.2) is 6.10 Å². The topological polar surface area (TPSA) is 134 Å². The molecule has 582 valence electrons. The van der Waals surface area contributed by atoms with Crippen molar-refractivity contribution in [2.24, 2.45) is 5.73 Å². The highest BCUT2D eigenvalue weighted by Crippen LogP contribution is 2.43. The van der Waals surface area contributed by atoms with E-state index in [0.717, 1.165) is 109 Å². The van der Waals surface area contributed by atoms with Crippen LogP contribution in [0.4, 0.5) is 0 Å². The van der Waals surface area contributed by atoms with Crippen molar-refractivity contribution < 1.29 is 37.6 Å². The molecular formula is C91H160NO8P. The molecule has 0 aromatic heterocycles. The summed E-state index contributed by atoms with van der Waals surface area (Å²) < 4.78 is 33.3. The van der Waals surface area contributed by atoms with Crippen LogP contribution in [0.2, 0.25) is 0 Å². The van der Waals surface area contributed by atoms with E-state index in [2.05, 4.69) is 148 Å². The molecule has 0 bridgehead atoms. The third-order valence-electron chi connectivity index (χ3n) is 18.5. The van der Waals surface area contributed by atoms with Crippen LogP contribution in [0.15, 0.2) is 134 Å². The van der Waals surface area contributed by atoms with Crippen LogP contribution in [-0.4, -0.2) is 49.3 Å². The minimum absolute atomic E-state index is 0.0525. The van der Waals surface area contributed by atoms with Crippen molar-refractivity contribution in [1.82, 2.24) is 0 Å². The summed E-state index contributed by atoms with van der Waals surface area (Å²) in [4.78, 5) is 35.5. The summed E-state index contributed by atoms with van der Waals surface area (Å²) >= 11 is 0. The van der Waals surface area contributed by atoms with E-state index in [0.29, 0.717) is 6.42 Å².